The zero-order chi connectivity index (χ0) is 40.1. The van der Waals surface area contributed by atoms with Crippen LogP contribution in [0, 0.1) is 0 Å². The molecule has 1 atom stereocenters. The second-order valence-corrected chi connectivity index (χ2v) is 14.6. The lowest BCUT2D eigenvalue weighted by atomic mass is 9.90. The van der Waals surface area contributed by atoms with E-state index in [9.17, 15) is 27.6 Å². The van der Waals surface area contributed by atoms with Gasteiger partial charge in [-0.05, 0) is 54.7 Å². The van der Waals surface area contributed by atoms with E-state index in [2.05, 4.69) is 53.1 Å². The molecule has 0 radical (unpaired) electrons. The molecule has 0 spiro atoms. The Balaban J connectivity index is 0.929. The Morgan fingerprint density at radius 3 is 2.30 bits per heavy atom. The van der Waals surface area contributed by atoms with Crippen LogP contribution in [0.25, 0.3) is 0 Å². The number of hydrogen-bond acceptors (Lipinski definition) is 10. The van der Waals surface area contributed by atoms with E-state index in [0.29, 0.717) is 30.3 Å². The highest BCUT2D eigenvalue weighted by atomic mass is 19.4. The third-order valence-electron chi connectivity index (χ3n) is 11.1. The molecule has 7 rings (SSSR count). The average molecular weight is 785 g/mol. The number of amides is 3. The van der Waals surface area contributed by atoms with E-state index in [1.807, 2.05) is 30.3 Å². The van der Waals surface area contributed by atoms with Gasteiger partial charge < -0.3 is 25.6 Å². The van der Waals surface area contributed by atoms with Gasteiger partial charge in [-0.2, -0.15) is 13.2 Å². The Hall–Kier alpha value is -5.67. The van der Waals surface area contributed by atoms with E-state index in [0.717, 1.165) is 76.1 Å². The van der Waals surface area contributed by atoms with Crippen LogP contribution in [-0.4, -0.2) is 92.0 Å². The number of carbonyl (C=O) groups excluding carboxylic acids is 3. The molecule has 3 fully saturated rings. The van der Waals surface area contributed by atoms with Gasteiger partial charge >= 0.3 is 6.18 Å². The van der Waals surface area contributed by atoms with Gasteiger partial charge in [-0.3, -0.25) is 29.5 Å². The summed E-state index contributed by atoms with van der Waals surface area (Å²) in [5.74, 6) is -0.424. The molecular formula is C42H47F3N8O4. The maximum absolute atomic E-state index is 14.0. The molecule has 4 heterocycles. The number of carbonyl (C=O) groups is 3. The molecule has 0 bridgehead atoms. The fourth-order valence-corrected chi connectivity index (χ4v) is 7.94. The lowest BCUT2D eigenvalue weighted by molar-refractivity contribution is -0.137. The zero-order valence-electron chi connectivity index (χ0n) is 32.0. The number of hydrogen-bond donors (Lipinski definition) is 4. The first-order chi connectivity index (χ1) is 27.5. The lowest BCUT2D eigenvalue weighted by Gasteiger charge is -2.43. The standard InChI is InChI=1S/C42H47F3N8O4/c1-46-40(55)32-5-3-4-6-34(32)48-36-24-38(47-25-33(36)42(43,44)45)49-35-13-11-30(23-37(35)57-2)52-17-15-29(16-18-52)53-21-19-51(20-22-53)26-27-7-9-28(10-8-27)31-12-14-39(54)50-41(31)56/h3-11,13,23-25,29,31H,12,14-22,26H2,1-2H3,(H,46,55)(H2,47,48,49)(H,50,54,56). The molecule has 3 aliphatic heterocycles. The van der Waals surface area contributed by atoms with E-state index in [4.69, 9.17) is 4.74 Å². The number of methoxy groups -OCH3 is 1. The van der Waals surface area contributed by atoms with Gasteiger partial charge in [0.25, 0.3) is 5.91 Å². The third kappa shape index (κ3) is 9.32. The predicted molar refractivity (Wildman–Crippen MR) is 212 cm³/mol. The highest BCUT2D eigenvalue weighted by Crippen LogP contribution is 2.39. The van der Waals surface area contributed by atoms with Crippen LogP contribution in [0.2, 0.25) is 0 Å². The van der Waals surface area contributed by atoms with Gasteiger partial charge in [-0.15, -0.1) is 0 Å². The molecule has 300 valence electrons. The van der Waals surface area contributed by atoms with Crippen LogP contribution < -0.4 is 30.9 Å². The fraction of sp³-hybridized carbons (Fsp3) is 0.381. The third-order valence-corrected chi connectivity index (χ3v) is 11.1. The SMILES string of the molecule is CNC(=O)c1ccccc1Nc1cc(Nc2ccc(N3CCC(N4CCN(Cc5ccc(C6CCC(=O)NC6=O)cc5)CC4)CC3)cc2OC)ncc1C(F)(F)F. The van der Waals surface area contributed by atoms with Crippen molar-refractivity contribution >= 4 is 46.3 Å². The summed E-state index contributed by atoms with van der Waals surface area (Å²) in [4.78, 5) is 47.6. The minimum absolute atomic E-state index is 0.164. The monoisotopic (exact) mass is 784 g/mol. The molecule has 3 saturated heterocycles. The van der Waals surface area contributed by atoms with E-state index >= 15 is 0 Å². The maximum atomic E-state index is 14.0. The fourth-order valence-electron chi connectivity index (χ4n) is 7.94. The number of alkyl halides is 3. The lowest BCUT2D eigenvalue weighted by Crippen LogP contribution is -2.53. The van der Waals surface area contributed by atoms with Crippen LogP contribution in [-0.2, 0) is 22.3 Å². The quantitative estimate of drug-likeness (QED) is 0.129. The number of halogens is 3. The molecule has 12 nitrogen and oxygen atoms in total. The first kappa shape index (κ1) is 39.6. The van der Waals surface area contributed by atoms with Gasteiger partial charge in [-0.1, -0.05) is 36.4 Å². The Bertz CT molecular complexity index is 2080. The number of pyridine rings is 1. The average Bonchev–Trinajstić information content (AvgIpc) is 3.21. The molecule has 15 heteroatoms. The summed E-state index contributed by atoms with van der Waals surface area (Å²) in [5.41, 5.74) is 2.90. The number of aromatic nitrogens is 1. The highest BCUT2D eigenvalue weighted by molar-refractivity contribution is 6.01. The van der Waals surface area contributed by atoms with Crippen LogP contribution in [0.5, 0.6) is 5.75 Å². The molecule has 1 unspecified atom stereocenters. The van der Waals surface area contributed by atoms with E-state index in [1.165, 1.54) is 24.7 Å². The van der Waals surface area contributed by atoms with Gasteiger partial charge in [0, 0.05) is 89.3 Å². The number of piperazine rings is 1. The molecule has 3 aliphatic rings. The number of rotatable bonds is 11. The zero-order valence-corrected chi connectivity index (χ0v) is 32.0. The number of anilines is 5. The minimum atomic E-state index is -4.69. The summed E-state index contributed by atoms with van der Waals surface area (Å²) in [6.45, 7) is 6.59. The molecule has 0 saturated carbocycles. The molecule has 4 aromatic rings. The first-order valence-electron chi connectivity index (χ1n) is 19.2. The van der Waals surface area contributed by atoms with Crippen LogP contribution in [0.4, 0.5) is 41.7 Å². The first-order valence-corrected chi connectivity index (χ1v) is 19.2. The largest absolute Gasteiger partial charge is 0.494 e. The molecule has 1 aromatic heterocycles. The number of imide groups is 1. The van der Waals surface area contributed by atoms with Crippen molar-refractivity contribution in [2.24, 2.45) is 0 Å². The predicted octanol–water partition coefficient (Wildman–Crippen LogP) is 6.26. The molecule has 57 heavy (non-hydrogen) atoms. The molecule has 3 aromatic carbocycles. The highest BCUT2D eigenvalue weighted by Gasteiger charge is 2.35. The van der Waals surface area contributed by atoms with Crippen molar-refractivity contribution in [3.8, 4) is 5.75 Å². The summed E-state index contributed by atoms with van der Waals surface area (Å²) >= 11 is 0. The number of nitrogens with one attached hydrogen (secondary N) is 4. The van der Waals surface area contributed by atoms with Gasteiger partial charge in [0.05, 0.1) is 41.2 Å². The number of piperidine rings is 2. The Labute approximate surface area is 329 Å². The van der Waals surface area contributed by atoms with Gasteiger partial charge in [0.15, 0.2) is 0 Å². The Morgan fingerprint density at radius 1 is 0.877 bits per heavy atom. The smallest absolute Gasteiger partial charge is 0.419 e. The van der Waals surface area contributed by atoms with E-state index in [-0.39, 0.29) is 40.5 Å². The normalized spacial score (nSPS) is 18.5. The summed E-state index contributed by atoms with van der Waals surface area (Å²) < 4.78 is 47.8. The maximum Gasteiger partial charge on any atom is 0.419 e. The Morgan fingerprint density at radius 2 is 1.61 bits per heavy atom. The summed E-state index contributed by atoms with van der Waals surface area (Å²) in [5, 5.41) is 10.9. The summed E-state index contributed by atoms with van der Waals surface area (Å²) in [7, 11) is 3.01. The van der Waals surface area contributed by atoms with Crippen molar-refractivity contribution in [1.82, 2.24) is 25.4 Å². The number of nitrogens with zero attached hydrogens (tertiary/aromatic N) is 4. The van der Waals surface area contributed by atoms with Gasteiger partial charge in [0.1, 0.15) is 11.6 Å². The molecule has 4 N–H and O–H groups in total. The van der Waals surface area contributed by atoms with Crippen molar-refractivity contribution in [2.45, 2.75) is 50.4 Å². The second kappa shape index (κ2) is 17.2. The number of para-hydroxylation sites is 1. The minimum Gasteiger partial charge on any atom is -0.494 e. The molecule has 3 amide bonds. The number of benzene rings is 3. The van der Waals surface area contributed by atoms with Crippen LogP contribution in [0.1, 0.15) is 58.6 Å². The van der Waals surface area contributed by atoms with Crippen molar-refractivity contribution in [3.63, 3.8) is 0 Å². The molecular weight excluding hydrogens is 738 g/mol. The van der Waals surface area contributed by atoms with Gasteiger partial charge in [-0.25, -0.2) is 4.98 Å². The molecule has 0 aliphatic carbocycles. The summed E-state index contributed by atoms with van der Waals surface area (Å²) in [6, 6.07) is 22.1. The second-order valence-electron chi connectivity index (χ2n) is 14.6. The Kier molecular flexibility index (Phi) is 12.0. The topological polar surface area (TPSA) is 131 Å². The van der Waals surface area contributed by atoms with Crippen LogP contribution >= 0.6 is 0 Å². The van der Waals surface area contributed by atoms with E-state index in [1.54, 1.807) is 25.3 Å². The van der Waals surface area contributed by atoms with E-state index < -0.39 is 17.6 Å². The van der Waals surface area contributed by atoms with Crippen molar-refractivity contribution in [2.75, 3.05) is 69.0 Å². The van der Waals surface area contributed by atoms with Crippen molar-refractivity contribution < 1.29 is 32.3 Å². The number of ether oxygens (including phenoxy) is 1. The van der Waals surface area contributed by atoms with Gasteiger partial charge in [0.2, 0.25) is 11.8 Å². The van der Waals surface area contributed by atoms with Crippen LogP contribution in [0.15, 0.2) is 79.0 Å². The van der Waals surface area contributed by atoms with Crippen molar-refractivity contribution in [3.05, 3.63) is 101 Å². The van der Waals surface area contributed by atoms with Crippen molar-refractivity contribution in [1.29, 1.82) is 0 Å². The summed E-state index contributed by atoms with van der Waals surface area (Å²) in [6.07, 6.45) is -0.943. The van der Waals surface area contributed by atoms with Crippen LogP contribution in [0.3, 0.4) is 0 Å².